The van der Waals surface area contributed by atoms with Crippen LogP contribution in [0.3, 0.4) is 0 Å². The maximum absolute atomic E-state index is 12.4. The minimum Gasteiger partial charge on any atom is -0.490 e. The third kappa shape index (κ3) is 5.46. The first-order valence-electron chi connectivity index (χ1n) is 9.84. The average molecular weight is 446 g/mol. The topological polar surface area (TPSA) is 95.7 Å². The summed E-state index contributed by atoms with van der Waals surface area (Å²) in [5, 5.41) is 11.1. The highest BCUT2D eigenvalue weighted by atomic mass is 35.5. The van der Waals surface area contributed by atoms with Gasteiger partial charge in [0.2, 0.25) is 5.82 Å². The lowest BCUT2D eigenvalue weighted by molar-refractivity contribution is -0.118. The van der Waals surface area contributed by atoms with Crippen LogP contribution in [0.1, 0.15) is 25.0 Å². The molecule has 1 amide bonds. The predicted molar refractivity (Wildman–Crippen MR) is 117 cm³/mol. The van der Waals surface area contributed by atoms with Gasteiger partial charge in [0, 0.05) is 10.6 Å². The number of aromatic nitrogens is 2. The van der Waals surface area contributed by atoms with Crippen LogP contribution in [0.2, 0.25) is 5.02 Å². The largest absolute Gasteiger partial charge is 0.490 e. The monoisotopic (exact) mass is 445 g/mol. The Hall–Kier alpha value is -3.26. The summed E-state index contributed by atoms with van der Waals surface area (Å²) in [5.41, 5.74) is 2.78. The summed E-state index contributed by atoms with van der Waals surface area (Å²) in [6.07, 6.45) is 0. The molecule has 0 saturated heterocycles. The van der Waals surface area contributed by atoms with Gasteiger partial charge in [-0.15, -0.1) is 0 Å². The van der Waals surface area contributed by atoms with Gasteiger partial charge in [-0.2, -0.15) is 0 Å². The Balaban J connectivity index is 1.72. The van der Waals surface area contributed by atoms with Gasteiger partial charge in [0.1, 0.15) is 5.75 Å². The Morgan fingerprint density at radius 2 is 1.68 bits per heavy atom. The van der Waals surface area contributed by atoms with E-state index < -0.39 is 5.91 Å². The summed E-state index contributed by atoms with van der Waals surface area (Å²) in [6, 6.07) is 8.89. The van der Waals surface area contributed by atoms with Crippen molar-refractivity contribution in [3.63, 3.8) is 0 Å². The van der Waals surface area contributed by atoms with Crippen LogP contribution in [0, 0.1) is 13.8 Å². The van der Waals surface area contributed by atoms with Crippen LogP contribution in [0.15, 0.2) is 35.0 Å². The molecule has 0 aliphatic rings. The second-order valence-electron chi connectivity index (χ2n) is 6.70. The Kier molecular flexibility index (Phi) is 7.36. The van der Waals surface area contributed by atoms with E-state index in [0.29, 0.717) is 46.7 Å². The zero-order chi connectivity index (χ0) is 22.4. The molecule has 0 unspecified atom stereocenters. The third-order valence-corrected chi connectivity index (χ3v) is 4.94. The van der Waals surface area contributed by atoms with Crippen LogP contribution in [0.25, 0.3) is 11.3 Å². The smallest absolute Gasteiger partial charge is 0.263 e. The van der Waals surface area contributed by atoms with Crippen LogP contribution in [-0.2, 0) is 4.79 Å². The molecule has 3 rings (SSSR count). The number of anilines is 1. The molecule has 31 heavy (non-hydrogen) atoms. The lowest BCUT2D eigenvalue weighted by Crippen LogP contribution is -2.20. The van der Waals surface area contributed by atoms with Gasteiger partial charge in [-0.1, -0.05) is 11.6 Å². The molecule has 0 atom stereocenters. The van der Waals surface area contributed by atoms with Crippen molar-refractivity contribution >= 4 is 23.3 Å². The fourth-order valence-electron chi connectivity index (χ4n) is 2.96. The molecule has 9 heteroatoms. The molecule has 2 aromatic carbocycles. The van der Waals surface area contributed by atoms with Gasteiger partial charge in [-0.3, -0.25) is 4.79 Å². The predicted octanol–water partition coefficient (Wildman–Crippen LogP) is 4.82. The van der Waals surface area contributed by atoms with Gasteiger partial charge in [0.15, 0.2) is 23.8 Å². The van der Waals surface area contributed by atoms with E-state index in [1.165, 1.54) is 0 Å². The highest BCUT2D eigenvalue weighted by Crippen LogP contribution is 2.34. The van der Waals surface area contributed by atoms with Gasteiger partial charge in [0.05, 0.1) is 13.2 Å². The van der Waals surface area contributed by atoms with E-state index in [-0.39, 0.29) is 12.4 Å². The Labute approximate surface area is 185 Å². The highest BCUT2D eigenvalue weighted by Gasteiger charge is 2.18. The Morgan fingerprint density at radius 1 is 1.00 bits per heavy atom. The number of carbonyl (C=O) groups excluding carboxylic acids is 1. The second kappa shape index (κ2) is 10.2. The maximum atomic E-state index is 12.4. The Bertz CT molecular complexity index is 1040. The van der Waals surface area contributed by atoms with Gasteiger partial charge in [-0.25, -0.2) is 4.63 Å². The van der Waals surface area contributed by atoms with E-state index in [1.807, 2.05) is 27.7 Å². The van der Waals surface area contributed by atoms with Crippen LogP contribution < -0.4 is 19.5 Å². The quantitative estimate of drug-likeness (QED) is 0.504. The van der Waals surface area contributed by atoms with Gasteiger partial charge in [0.25, 0.3) is 5.91 Å². The van der Waals surface area contributed by atoms with Crippen LogP contribution in [0.5, 0.6) is 17.2 Å². The van der Waals surface area contributed by atoms with Gasteiger partial charge >= 0.3 is 0 Å². The summed E-state index contributed by atoms with van der Waals surface area (Å²) in [4.78, 5) is 12.4. The fraction of sp³-hybridized carbons (Fsp3) is 0.318. The molecule has 0 aliphatic carbocycles. The molecule has 1 heterocycles. The molecule has 8 nitrogen and oxygen atoms in total. The SMILES string of the molecule is CCOc1ccc(-c2nonc2NC(=O)COc2cc(C)c(Cl)c(C)c2)cc1OCC. The zero-order valence-electron chi connectivity index (χ0n) is 17.8. The lowest BCUT2D eigenvalue weighted by atomic mass is 10.1. The fourth-order valence-corrected chi connectivity index (χ4v) is 3.07. The molecular weight excluding hydrogens is 422 g/mol. The van der Waals surface area contributed by atoms with E-state index in [4.69, 9.17) is 30.4 Å². The second-order valence-corrected chi connectivity index (χ2v) is 7.07. The minimum absolute atomic E-state index is 0.184. The first-order valence-corrected chi connectivity index (χ1v) is 10.2. The van der Waals surface area contributed by atoms with Crippen molar-refractivity contribution in [3.8, 4) is 28.5 Å². The number of aryl methyl sites for hydroxylation is 2. The zero-order valence-corrected chi connectivity index (χ0v) is 18.6. The number of nitrogens with one attached hydrogen (secondary N) is 1. The summed E-state index contributed by atoms with van der Waals surface area (Å²) < 4.78 is 21.6. The van der Waals surface area contributed by atoms with Crippen LogP contribution in [-0.4, -0.2) is 36.0 Å². The summed E-state index contributed by atoms with van der Waals surface area (Å²) in [7, 11) is 0. The molecule has 0 spiro atoms. The van der Waals surface area contributed by atoms with Gasteiger partial charge < -0.3 is 19.5 Å². The lowest BCUT2D eigenvalue weighted by Gasteiger charge is -2.12. The summed E-state index contributed by atoms with van der Waals surface area (Å²) in [6.45, 7) is 8.32. The molecular formula is C22H24ClN3O5. The molecule has 0 radical (unpaired) electrons. The first kappa shape index (κ1) is 22.4. The van der Waals surface area contributed by atoms with E-state index in [1.54, 1.807) is 30.3 Å². The van der Waals surface area contributed by atoms with Crippen LogP contribution in [0.4, 0.5) is 5.82 Å². The number of benzene rings is 2. The number of halogens is 1. The molecule has 1 aromatic heterocycles. The number of hydrogen-bond acceptors (Lipinski definition) is 7. The van der Waals surface area contributed by atoms with Crippen molar-refractivity contribution in [2.45, 2.75) is 27.7 Å². The van der Waals surface area contributed by atoms with E-state index in [9.17, 15) is 4.79 Å². The standard InChI is InChI=1S/C22H24ClN3O5/c1-5-28-17-8-7-15(11-18(17)29-6-2)21-22(26-31-25-21)24-19(27)12-30-16-9-13(3)20(23)14(4)10-16/h7-11H,5-6,12H2,1-4H3,(H,24,26,27). The molecule has 164 valence electrons. The Morgan fingerprint density at radius 3 is 2.35 bits per heavy atom. The van der Waals surface area contributed by atoms with Crippen molar-refractivity contribution in [2.24, 2.45) is 0 Å². The van der Waals surface area contributed by atoms with Crippen LogP contribution >= 0.6 is 11.6 Å². The molecule has 1 N–H and O–H groups in total. The number of rotatable bonds is 9. The van der Waals surface area contributed by atoms with E-state index >= 15 is 0 Å². The number of carbonyl (C=O) groups is 1. The third-order valence-electron chi connectivity index (χ3n) is 4.34. The molecule has 0 bridgehead atoms. The molecule has 0 saturated carbocycles. The molecule has 3 aromatic rings. The number of hydrogen-bond donors (Lipinski definition) is 1. The number of amides is 1. The maximum Gasteiger partial charge on any atom is 0.263 e. The number of nitrogens with zero attached hydrogens (tertiary/aromatic N) is 2. The molecule has 0 aliphatic heterocycles. The van der Waals surface area contributed by atoms with Crippen molar-refractivity contribution in [1.29, 1.82) is 0 Å². The van der Waals surface area contributed by atoms with E-state index in [0.717, 1.165) is 11.1 Å². The minimum atomic E-state index is -0.404. The summed E-state index contributed by atoms with van der Waals surface area (Å²) >= 11 is 6.16. The first-order chi connectivity index (χ1) is 14.9. The van der Waals surface area contributed by atoms with Crippen molar-refractivity contribution in [1.82, 2.24) is 10.3 Å². The van der Waals surface area contributed by atoms with Crippen molar-refractivity contribution in [2.75, 3.05) is 25.1 Å². The number of ether oxygens (including phenoxy) is 3. The summed E-state index contributed by atoms with van der Waals surface area (Å²) in [5.74, 6) is 1.53. The normalized spacial score (nSPS) is 10.6. The van der Waals surface area contributed by atoms with Crippen molar-refractivity contribution in [3.05, 3.63) is 46.5 Å². The average Bonchev–Trinajstić information content (AvgIpc) is 3.20. The highest BCUT2D eigenvalue weighted by molar-refractivity contribution is 6.32. The van der Waals surface area contributed by atoms with Crippen molar-refractivity contribution < 1.29 is 23.6 Å². The van der Waals surface area contributed by atoms with E-state index in [2.05, 4.69) is 15.6 Å². The molecule has 0 fully saturated rings. The van der Waals surface area contributed by atoms with Gasteiger partial charge in [-0.05, 0) is 79.5 Å².